The molecular formula is C11H10BrFN4S. The van der Waals surface area contributed by atoms with E-state index in [1.165, 1.54) is 6.07 Å². The van der Waals surface area contributed by atoms with Gasteiger partial charge in [-0.3, -0.25) is 0 Å². The van der Waals surface area contributed by atoms with E-state index in [4.69, 9.17) is 0 Å². The van der Waals surface area contributed by atoms with Crippen molar-refractivity contribution in [2.24, 2.45) is 0 Å². The summed E-state index contributed by atoms with van der Waals surface area (Å²) < 4.78 is 15.5. The number of thioether (sulfide) groups is 1. The van der Waals surface area contributed by atoms with Crippen molar-refractivity contribution in [3.05, 3.63) is 34.1 Å². The van der Waals surface area contributed by atoms with Crippen molar-refractivity contribution in [3.63, 3.8) is 0 Å². The zero-order chi connectivity index (χ0) is 12.5. The van der Waals surface area contributed by atoms with Crippen LogP contribution in [0.5, 0.6) is 0 Å². The second kappa shape index (κ2) is 4.97. The molecule has 1 aromatic carbocycles. The molecule has 1 aliphatic carbocycles. The summed E-state index contributed by atoms with van der Waals surface area (Å²) in [5.74, 6) is 0.484. The van der Waals surface area contributed by atoms with Crippen LogP contribution in [0.15, 0.2) is 27.8 Å². The van der Waals surface area contributed by atoms with Crippen LogP contribution in [0.3, 0.4) is 0 Å². The van der Waals surface area contributed by atoms with E-state index in [-0.39, 0.29) is 5.82 Å². The highest BCUT2D eigenvalue weighted by atomic mass is 79.9. The molecule has 1 heterocycles. The van der Waals surface area contributed by atoms with Gasteiger partial charge in [-0.15, -0.1) is 5.10 Å². The van der Waals surface area contributed by atoms with Gasteiger partial charge in [0.2, 0.25) is 5.16 Å². The largest absolute Gasteiger partial charge is 0.217 e. The van der Waals surface area contributed by atoms with Crippen LogP contribution in [0.2, 0.25) is 0 Å². The summed E-state index contributed by atoms with van der Waals surface area (Å²) in [6, 6.07) is 5.50. The van der Waals surface area contributed by atoms with E-state index < -0.39 is 0 Å². The SMILES string of the molecule is Fc1ccc(CSc2nnnn2C2CC2)cc1Br. The minimum atomic E-state index is -0.244. The Morgan fingerprint density at radius 2 is 2.28 bits per heavy atom. The second-order valence-electron chi connectivity index (χ2n) is 4.17. The Morgan fingerprint density at radius 1 is 1.44 bits per heavy atom. The van der Waals surface area contributed by atoms with E-state index in [0.717, 1.165) is 29.3 Å². The molecule has 1 aromatic heterocycles. The lowest BCUT2D eigenvalue weighted by molar-refractivity contribution is 0.565. The molecule has 2 aromatic rings. The molecule has 0 radical (unpaired) electrons. The summed E-state index contributed by atoms with van der Waals surface area (Å²) in [6.45, 7) is 0. The molecule has 0 unspecified atom stereocenters. The van der Waals surface area contributed by atoms with Gasteiger partial charge in [0.1, 0.15) is 5.82 Å². The van der Waals surface area contributed by atoms with Gasteiger partial charge in [0.15, 0.2) is 0 Å². The van der Waals surface area contributed by atoms with Gasteiger partial charge in [0.05, 0.1) is 10.5 Å². The number of hydrogen-bond donors (Lipinski definition) is 0. The highest BCUT2D eigenvalue weighted by Crippen LogP contribution is 2.37. The maximum absolute atomic E-state index is 13.1. The minimum absolute atomic E-state index is 0.244. The Morgan fingerprint density at radius 3 is 3.00 bits per heavy atom. The molecule has 94 valence electrons. The van der Waals surface area contributed by atoms with Crippen LogP contribution in [-0.2, 0) is 5.75 Å². The molecule has 1 aliphatic rings. The van der Waals surface area contributed by atoms with Crippen molar-refractivity contribution in [2.75, 3.05) is 0 Å². The monoisotopic (exact) mass is 328 g/mol. The van der Waals surface area contributed by atoms with E-state index >= 15 is 0 Å². The molecule has 0 aliphatic heterocycles. The first-order valence-electron chi connectivity index (χ1n) is 5.58. The molecule has 0 bridgehead atoms. The summed E-state index contributed by atoms with van der Waals surface area (Å²) in [5, 5.41) is 12.5. The molecule has 0 atom stereocenters. The van der Waals surface area contributed by atoms with Gasteiger partial charge in [0.25, 0.3) is 0 Å². The molecule has 18 heavy (non-hydrogen) atoms. The lowest BCUT2D eigenvalue weighted by Crippen LogP contribution is -1.98. The van der Waals surface area contributed by atoms with Crippen LogP contribution >= 0.6 is 27.7 Å². The fourth-order valence-corrected chi connectivity index (χ4v) is 2.92. The van der Waals surface area contributed by atoms with Crippen LogP contribution in [0.4, 0.5) is 4.39 Å². The minimum Gasteiger partial charge on any atom is -0.217 e. The number of tetrazole rings is 1. The third-order valence-electron chi connectivity index (χ3n) is 2.71. The van der Waals surface area contributed by atoms with Crippen molar-refractivity contribution >= 4 is 27.7 Å². The molecule has 0 amide bonds. The van der Waals surface area contributed by atoms with Crippen LogP contribution in [0.1, 0.15) is 24.4 Å². The predicted octanol–water partition coefficient (Wildman–Crippen LogP) is 3.20. The Hall–Kier alpha value is -0.950. The van der Waals surface area contributed by atoms with Crippen molar-refractivity contribution in [2.45, 2.75) is 29.8 Å². The van der Waals surface area contributed by atoms with Gasteiger partial charge < -0.3 is 0 Å². The highest BCUT2D eigenvalue weighted by Gasteiger charge is 2.27. The van der Waals surface area contributed by atoms with Gasteiger partial charge >= 0.3 is 0 Å². The Labute approximate surface area is 116 Å². The first kappa shape index (κ1) is 12.1. The van der Waals surface area contributed by atoms with Crippen LogP contribution in [-0.4, -0.2) is 20.2 Å². The molecule has 0 spiro atoms. The molecule has 1 fully saturated rings. The molecule has 4 nitrogen and oxygen atoms in total. The van der Waals surface area contributed by atoms with Crippen LogP contribution in [0, 0.1) is 5.82 Å². The molecule has 3 rings (SSSR count). The van der Waals surface area contributed by atoms with Crippen LogP contribution < -0.4 is 0 Å². The number of halogens is 2. The lowest BCUT2D eigenvalue weighted by Gasteiger charge is -2.03. The van der Waals surface area contributed by atoms with Crippen molar-refractivity contribution < 1.29 is 4.39 Å². The van der Waals surface area contributed by atoms with E-state index in [1.54, 1.807) is 23.9 Å². The summed E-state index contributed by atoms with van der Waals surface area (Å²) in [7, 11) is 0. The normalized spacial score (nSPS) is 15.0. The number of rotatable bonds is 4. The zero-order valence-electron chi connectivity index (χ0n) is 9.38. The van der Waals surface area contributed by atoms with Crippen molar-refractivity contribution in [1.29, 1.82) is 0 Å². The zero-order valence-corrected chi connectivity index (χ0v) is 11.8. The van der Waals surface area contributed by atoms with Gasteiger partial charge in [-0.25, -0.2) is 9.07 Å². The number of nitrogens with zero attached hydrogens (tertiary/aromatic N) is 4. The first-order valence-corrected chi connectivity index (χ1v) is 7.36. The summed E-state index contributed by atoms with van der Waals surface area (Å²) in [5.41, 5.74) is 1.04. The van der Waals surface area contributed by atoms with E-state index in [9.17, 15) is 4.39 Å². The summed E-state index contributed by atoms with van der Waals surface area (Å²) in [6.07, 6.45) is 2.31. The van der Waals surface area contributed by atoms with E-state index in [1.807, 2.05) is 4.68 Å². The fraction of sp³-hybridized carbons (Fsp3) is 0.364. The third kappa shape index (κ3) is 2.56. The highest BCUT2D eigenvalue weighted by molar-refractivity contribution is 9.10. The van der Waals surface area contributed by atoms with Crippen molar-refractivity contribution in [3.8, 4) is 0 Å². The maximum Gasteiger partial charge on any atom is 0.209 e. The second-order valence-corrected chi connectivity index (χ2v) is 5.97. The summed E-state index contributed by atoms with van der Waals surface area (Å²) >= 11 is 4.76. The topological polar surface area (TPSA) is 43.6 Å². The number of hydrogen-bond acceptors (Lipinski definition) is 4. The van der Waals surface area contributed by atoms with E-state index in [0.29, 0.717) is 10.5 Å². The van der Waals surface area contributed by atoms with Gasteiger partial charge in [-0.2, -0.15) is 0 Å². The van der Waals surface area contributed by atoms with Gasteiger partial charge in [0, 0.05) is 5.75 Å². The van der Waals surface area contributed by atoms with Gasteiger partial charge in [-0.05, 0) is 56.9 Å². The molecular weight excluding hydrogens is 319 g/mol. The van der Waals surface area contributed by atoms with E-state index in [2.05, 4.69) is 31.5 Å². The molecule has 7 heteroatoms. The Bertz CT molecular complexity index is 570. The number of aromatic nitrogens is 4. The fourth-order valence-electron chi connectivity index (χ4n) is 1.61. The van der Waals surface area contributed by atoms with Crippen LogP contribution in [0.25, 0.3) is 0 Å². The lowest BCUT2D eigenvalue weighted by atomic mass is 10.2. The number of benzene rings is 1. The van der Waals surface area contributed by atoms with Crippen molar-refractivity contribution in [1.82, 2.24) is 20.2 Å². The Balaban J connectivity index is 1.69. The predicted molar refractivity (Wildman–Crippen MR) is 69.7 cm³/mol. The quantitative estimate of drug-likeness (QED) is 0.808. The Kier molecular flexibility index (Phi) is 3.34. The average Bonchev–Trinajstić information content (AvgIpc) is 3.10. The first-order chi connectivity index (χ1) is 8.74. The molecule has 0 saturated heterocycles. The summed E-state index contributed by atoms with van der Waals surface area (Å²) in [4.78, 5) is 0. The third-order valence-corrected chi connectivity index (χ3v) is 4.32. The molecule has 0 N–H and O–H groups in total. The maximum atomic E-state index is 13.1. The standard InChI is InChI=1S/C11H10BrFN4S/c12-9-5-7(1-4-10(9)13)6-18-11-14-15-16-17(11)8-2-3-8/h1,4-5,8H,2-3,6H2. The smallest absolute Gasteiger partial charge is 0.209 e. The molecule has 1 saturated carbocycles. The average molecular weight is 329 g/mol. The van der Waals surface area contributed by atoms with Gasteiger partial charge in [-0.1, -0.05) is 17.8 Å².